The molecule has 152 valence electrons. The number of carbonyl (C=O) groups excluding carboxylic acids is 1. The van der Waals surface area contributed by atoms with Crippen LogP contribution < -0.4 is 14.4 Å². The van der Waals surface area contributed by atoms with E-state index in [9.17, 15) is 23.3 Å². The Kier molecular flexibility index (Phi) is 4.63. The molecule has 0 fully saturated rings. The van der Waals surface area contributed by atoms with Crippen molar-refractivity contribution in [2.24, 2.45) is 0 Å². The third-order valence-electron chi connectivity index (χ3n) is 4.56. The molecule has 1 aliphatic heterocycles. The molecule has 0 saturated carbocycles. The summed E-state index contributed by atoms with van der Waals surface area (Å²) in [5.41, 5.74) is 0.245. The molecule has 4 rings (SSSR count). The quantitative estimate of drug-likeness (QED) is 0.502. The van der Waals surface area contributed by atoms with Gasteiger partial charge in [0.05, 0.1) is 16.2 Å². The maximum atomic E-state index is 12.9. The summed E-state index contributed by atoms with van der Waals surface area (Å²) in [7, 11) is -2.68. The monoisotopic (exact) mass is 425 g/mol. The fourth-order valence-corrected chi connectivity index (χ4v) is 4.35. The first kappa shape index (κ1) is 19.4. The van der Waals surface area contributed by atoms with E-state index in [1.165, 1.54) is 35.2 Å². The van der Waals surface area contributed by atoms with Crippen LogP contribution in [-0.4, -0.2) is 26.3 Å². The molecule has 1 amide bonds. The molecular formula is C20H15N3O6S. The van der Waals surface area contributed by atoms with Crippen LogP contribution >= 0.6 is 0 Å². The molecule has 1 N–H and O–H groups in total. The highest BCUT2D eigenvalue weighted by Gasteiger charge is 2.28. The number of ether oxygens (including phenoxy) is 1. The Balaban J connectivity index is 1.73. The maximum Gasteiger partial charge on any atom is 0.289 e. The number of fused-ring (bicyclic) bond motifs is 2. The number of sulfonamides is 1. The Morgan fingerprint density at radius 3 is 2.47 bits per heavy atom. The molecule has 0 radical (unpaired) electrons. The van der Waals surface area contributed by atoms with Crippen LogP contribution in [0.15, 0.2) is 71.6 Å². The fraction of sp³-hybridized carbons (Fsp3) is 0.0500. The Labute approximate surface area is 171 Å². The molecule has 1 heterocycles. The predicted octanol–water partition coefficient (Wildman–Crippen LogP) is 3.78. The lowest BCUT2D eigenvalue weighted by Gasteiger charge is -2.16. The molecule has 0 unspecified atom stereocenters. The number of para-hydroxylation sites is 3. The summed E-state index contributed by atoms with van der Waals surface area (Å²) in [6.45, 7) is 0. The van der Waals surface area contributed by atoms with Gasteiger partial charge in [-0.1, -0.05) is 24.3 Å². The van der Waals surface area contributed by atoms with Crippen molar-refractivity contribution in [3.63, 3.8) is 0 Å². The van der Waals surface area contributed by atoms with Crippen LogP contribution in [0.25, 0.3) is 0 Å². The number of nitrogens with zero attached hydrogens (tertiary/aromatic N) is 2. The number of rotatable bonds is 4. The van der Waals surface area contributed by atoms with Gasteiger partial charge in [-0.25, -0.2) is 8.42 Å². The zero-order valence-electron chi connectivity index (χ0n) is 15.6. The lowest BCUT2D eigenvalue weighted by molar-refractivity contribution is -0.387. The minimum atomic E-state index is -4.27. The Bertz CT molecular complexity index is 1290. The van der Waals surface area contributed by atoms with Gasteiger partial charge in [0.15, 0.2) is 10.6 Å². The number of amides is 1. The molecule has 9 nitrogen and oxygen atoms in total. The second-order valence-corrected chi connectivity index (χ2v) is 8.13. The smallest absolute Gasteiger partial charge is 0.289 e. The standard InChI is InChI=1S/C20H15N3O6S/c1-22-15-6-2-4-8-18(15)29-17-11-10-13(12-14(17)20(22)24)21-30(27,28)19-9-5-3-7-16(19)23(25)26/h2-12,21H,1H3. The molecule has 0 bridgehead atoms. The normalized spacial score (nSPS) is 13.0. The third-order valence-corrected chi connectivity index (χ3v) is 5.99. The summed E-state index contributed by atoms with van der Waals surface area (Å²) in [5, 5.41) is 11.2. The van der Waals surface area contributed by atoms with Gasteiger partial charge in [-0.2, -0.15) is 0 Å². The van der Waals surface area contributed by atoms with E-state index in [1.807, 2.05) is 0 Å². The minimum Gasteiger partial charge on any atom is -0.454 e. The summed E-state index contributed by atoms with van der Waals surface area (Å²) in [6, 6.07) is 16.3. The summed E-state index contributed by atoms with van der Waals surface area (Å²) >= 11 is 0. The SMILES string of the molecule is CN1C(=O)c2cc(NS(=O)(=O)c3ccccc3[N+](=O)[O-])ccc2Oc2ccccc21. The molecule has 30 heavy (non-hydrogen) atoms. The molecule has 0 atom stereocenters. The van der Waals surface area contributed by atoms with Gasteiger partial charge in [0.2, 0.25) is 0 Å². The number of nitrogens with one attached hydrogen (secondary N) is 1. The van der Waals surface area contributed by atoms with Crippen LogP contribution in [-0.2, 0) is 10.0 Å². The highest BCUT2D eigenvalue weighted by Crippen LogP contribution is 2.39. The molecule has 10 heteroatoms. The largest absolute Gasteiger partial charge is 0.454 e. The van der Waals surface area contributed by atoms with Crippen LogP contribution in [0, 0.1) is 10.1 Å². The third kappa shape index (κ3) is 3.33. The van der Waals surface area contributed by atoms with E-state index in [0.29, 0.717) is 11.4 Å². The minimum absolute atomic E-state index is 0.0724. The molecule has 0 saturated heterocycles. The highest BCUT2D eigenvalue weighted by molar-refractivity contribution is 7.92. The van der Waals surface area contributed by atoms with E-state index in [4.69, 9.17) is 4.74 Å². The van der Waals surface area contributed by atoms with Crippen molar-refractivity contribution in [2.75, 3.05) is 16.7 Å². The predicted molar refractivity (Wildman–Crippen MR) is 110 cm³/mol. The second-order valence-electron chi connectivity index (χ2n) is 6.48. The van der Waals surface area contributed by atoms with Crippen molar-refractivity contribution in [2.45, 2.75) is 4.90 Å². The van der Waals surface area contributed by atoms with Gasteiger partial charge in [0.1, 0.15) is 5.75 Å². The Morgan fingerprint density at radius 1 is 1.00 bits per heavy atom. The Hall–Kier alpha value is -3.92. The number of nitro groups is 1. The molecule has 0 aliphatic carbocycles. The zero-order valence-corrected chi connectivity index (χ0v) is 16.4. The van der Waals surface area contributed by atoms with E-state index in [-0.39, 0.29) is 22.9 Å². The summed E-state index contributed by atoms with van der Waals surface area (Å²) < 4.78 is 33.6. The van der Waals surface area contributed by atoms with Gasteiger partial charge < -0.3 is 9.64 Å². The van der Waals surface area contributed by atoms with Gasteiger partial charge in [-0.3, -0.25) is 19.6 Å². The van der Waals surface area contributed by atoms with Crippen LogP contribution in [0.5, 0.6) is 11.5 Å². The van der Waals surface area contributed by atoms with E-state index in [1.54, 1.807) is 31.3 Å². The molecule has 1 aliphatic rings. The summed E-state index contributed by atoms with van der Waals surface area (Å²) in [5.74, 6) is 0.368. The van der Waals surface area contributed by atoms with E-state index in [0.717, 1.165) is 12.1 Å². The highest BCUT2D eigenvalue weighted by atomic mass is 32.2. The number of benzene rings is 3. The van der Waals surface area contributed by atoms with Gasteiger partial charge in [0.25, 0.3) is 21.6 Å². The van der Waals surface area contributed by atoms with Gasteiger partial charge in [0, 0.05) is 18.8 Å². The first-order valence-electron chi connectivity index (χ1n) is 8.73. The van der Waals surface area contributed by atoms with Gasteiger partial charge >= 0.3 is 0 Å². The average molecular weight is 425 g/mol. The number of hydrogen-bond acceptors (Lipinski definition) is 6. The summed E-state index contributed by atoms with van der Waals surface area (Å²) in [6.07, 6.45) is 0. The summed E-state index contributed by atoms with van der Waals surface area (Å²) in [4.78, 5) is 24.3. The maximum absolute atomic E-state index is 12.9. The van der Waals surface area contributed by atoms with Crippen molar-refractivity contribution in [3.8, 4) is 11.5 Å². The van der Waals surface area contributed by atoms with E-state index in [2.05, 4.69) is 4.72 Å². The van der Waals surface area contributed by atoms with Crippen LogP contribution in [0.2, 0.25) is 0 Å². The van der Waals surface area contributed by atoms with E-state index < -0.39 is 25.5 Å². The molecular weight excluding hydrogens is 410 g/mol. The molecule has 0 spiro atoms. The average Bonchev–Trinajstić information content (AvgIpc) is 2.83. The lowest BCUT2D eigenvalue weighted by atomic mass is 10.1. The topological polar surface area (TPSA) is 119 Å². The molecule has 0 aromatic heterocycles. The first-order valence-corrected chi connectivity index (χ1v) is 10.2. The second kappa shape index (κ2) is 7.16. The number of hydrogen-bond donors (Lipinski definition) is 1. The van der Waals surface area contributed by atoms with Crippen LogP contribution in [0.1, 0.15) is 10.4 Å². The number of anilines is 2. The van der Waals surface area contributed by atoms with Crippen molar-refractivity contribution in [3.05, 3.63) is 82.4 Å². The molecule has 3 aromatic rings. The lowest BCUT2D eigenvalue weighted by Crippen LogP contribution is -2.25. The van der Waals surface area contributed by atoms with Crippen LogP contribution in [0.3, 0.4) is 0 Å². The van der Waals surface area contributed by atoms with Gasteiger partial charge in [-0.05, 0) is 36.4 Å². The van der Waals surface area contributed by atoms with Crippen molar-refractivity contribution >= 4 is 33.0 Å². The van der Waals surface area contributed by atoms with Crippen LogP contribution in [0.4, 0.5) is 17.1 Å². The fourth-order valence-electron chi connectivity index (χ4n) is 3.12. The molecule has 3 aromatic carbocycles. The number of nitro benzene ring substituents is 1. The zero-order chi connectivity index (χ0) is 21.5. The first-order chi connectivity index (χ1) is 14.3. The van der Waals surface area contributed by atoms with Gasteiger partial charge in [-0.15, -0.1) is 0 Å². The number of carbonyl (C=O) groups is 1. The van der Waals surface area contributed by atoms with Crippen molar-refractivity contribution in [1.82, 2.24) is 0 Å². The Morgan fingerprint density at radius 2 is 1.70 bits per heavy atom. The van der Waals surface area contributed by atoms with Crippen molar-refractivity contribution < 1.29 is 22.9 Å². The van der Waals surface area contributed by atoms with E-state index >= 15 is 0 Å². The van der Waals surface area contributed by atoms with Crippen molar-refractivity contribution in [1.29, 1.82) is 0 Å².